The molecule has 6 aliphatic heterocycles. The molecule has 2 amide bonds. The number of nitrogens with zero attached hydrogens (tertiary/aromatic N) is 3. The molecule has 0 radical (unpaired) electrons. The first-order valence-electron chi connectivity index (χ1n) is 15.7. The summed E-state index contributed by atoms with van der Waals surface area (Å²) in [4.78, 5) is 32.7. The van der Waals surface area contributed by atoms with E-state index in [4.69, 9.17) is 9.47 Å². The Morgan fingerprint density at radius 3 is 2.55 bits per heavy atom. The molecular weight excluding hydrogens is 637 g/mol. The van der Waals surface area contributed by atoms with Gasteiger partial charge in [-0.1, -0.05) is 18.2 Å². The Labute approximate surface area is 271 Å². The van der Waals surface area contributed by atoms with Crippen LogP contribution in [0.4, 0.5) is 13.2 Å². The molecule has 252 valence electrons. The molecule has 9 bridgehead atoms. The molecule has 0 aliphatic carbocycles. The van der Waals surface area contributed by atoms with Crippen molar-refractivity contribution in [2.24, 2.45) is 4.99 Å². The number of alkyl halides is 3. The molecule has 2 aromatic carbocycles. The molecule has 1 spiro atoms. The van der Waals surface area contributed by atoms with E-state index in [0.29, 0.717) is 38.1 Å². The topological polar surface area (TPSA) is 118 Å². The molecule has 1 N–H and O–H groups in total. The second-order valence-corrected chi connectivity index (χ2v) is 14.5. The van der Waals surface area contributed by atoms with Gasteiger partial charge in [-0.25, -0.2) is 12.7 Å². The maximum absolute atomic E-state index is 13.8. The van der Waals surface area contributed by atoms with E-state index in [1.54, 1.807) is 23.1 Å². The normalized spacial score (nSPS) is 27.6. The lowest BCUT2D eigenvalue weighted by Gasteiger charge is -2.34. The zero-order chi connectivity index (χ0) is 33.4. The molecular formula is C33H37F3N4O6S. The van der Waals surface area contributed by atoms with E-state index in [-0.39, 0.29) is 73.9 Å². The molecule has 6 aliphatic rings. The van der Waals surface area contributed by atoms with E-state index < -0.39 is 33.2 Å². The van der Waals surface area contributed by atoms with E-state index in [2.05, 4.69) is 10.3 Å². The van der Waals surface area contributed by atoms with E-state index in [9.17, 15) is 31.2 Å². The Kier molecular flexibility index (Phi) is 9.20. The fourth-order valence-electron chi connectivity index (χ4n) is 6.44. The van der Waals surface area contributed by atoms with Crippen molar-refractivity contribution in [3.05, 3.63) is 76.4 Å². The Bertz CT molecular complexity index is 1720. The van der Waals surface area contributed by atoms with Crippen LogP contribution in [-0.4, -0.2) is 92.1 Å². The van der Waals surface area contributed by atoms with Crippen LogP contribution in [0.2, 0.25) is 0 Å². The number of carbonyl (C=O) groups excluding carboxylic acids is 2. The van der Waals surface area contributed by atoms with Gasteiger partial charge in [-0.15, -0.1) is 0 Å². The number of amides is 2. The fourth-order valence-corrected chi connectivity index (χ4v) is 7.92. The second-order valence-electron chi connectivity index (χ2n) is 12.4. The molecule has 0 aromatic heterocycles. The third-order valence-electron chi connectivity index (χ3n) is 9.23. The van der Waals surface area contributed by atoms with Gasteiger partial charge in [0.2, 0.25) is 10.0 Å². The number of benzene rings is 2. The summed E-state index contributed by atoms with van der Waals surface area (Å²) in [6, 6.07) is 8.56. The number of piperidine rings is 1. The van der Waals surface area contributed by atoms with Crippen LogP contribution < -0.4 is 10.1 Å². The first-order chi connectivity index (χ1) is 22.3. The van der Waals surface area contributed by atoms with Gasteiger partial charge >= 0.3 is 6.18 Å². The second kappa shape index (κ2) is 13.0. The average Bonchev–Trinajstić information content (AvgIpc) is 3.63. The lowest BCUT2D eigenvalue weighted by atomic mass is 9.89. The SMILES string of the molecule is Cc1cc2ccc1CCS(=O)(=O)N1CCC3(CC1)N=C(NC3=O)c1cc(cc(C(F)(F)F)c1)OCC/C=C/CO[C@@H]1CCN(C1)C2=O. The van der Waals surface area contributed by atoms with Crippen molar-refractivity contribution >= 4 is 27.7 Å². The number of fused-ring (bicyclic) bond motifs is 2. The minimum Gasteiger partial charge on any atom is -0.493 e. The van der Waals surface area contributed by atoms with E-state index in [1.807, 2.05) is 19.1 Å². The summed E-state index contributed by atoms with van der Waals surface area (Å²) < 4.78 is 81.0. The van der Waals surface area contributed by atoms with Gasteiger partial charge in [-0.2, -0.15) is 13.2 Å². The number of hydrogen-bond donors (Lipinski definition) is 1. The molecule has 8 rings (SSSR count). The number of amidine groups is 1. The van der Waals surface area contributed by atoms with E-state index in [1.165, 1.54) is 10.4 Å². The molecule has 47 heavy (non-hydrogen) atoms. The summed E-state index contributed by atoms with van der Waals surface area (Å²) in [6.07, 6.45) is 0.389. The van der Waals surface area contributed by atoms with Crippen LogP contribution in [0, 0.1) is 6.92 Å². The third kappa shape index (κ3) is 7.24. The van der Waals surface area contributed by atoms with Crippen molar-refractivity contribution in [2.75, 3.05) is 45.1 Å². The van der Waals surface area contributed by atoms with E-state index in [0.717, 1.165) is 23.3 Å². The van der Waals surface area contributed by atoms with Gasteiger partial charge < -0.3 is 19.7 Å². The highest BCUT2D eigenvalue weighted by atomic mass is 32.2. The highest BCUT2D eigenvalue weighted by molar-refractivity contribution is 7.89. The largest absolute Gasteiger partial charge is 0.493 e. The molecule has 1 atom stereocenters. The van der Waals surface area contributed by atoms with Crippen molar-refractivity contribution in [3.63, 3.8) is 0 Å². The van der Waals surface area contributed by atoms with Crippen molar-refractivity contribution in [3.8, 4) is 5.75 Å². The summed E-state index contributed by atoms with van der Waals surface area (Å²) in [5.74, 6) is -0.749. The molecule has 2 fully saturated rings. The van der Waals surface area contributed by atoms with Crippen molar-refractivity contribution in [1.82, 2.24) is 14.5 Å². The van der Waals surface area contributed by atoms with Gasteiger partial charge in [0.1, 0.15) is 17.1 Å². The van der Waals surface area contributed by atoms with Crippen molar-refractivity contribution < 1.29 is 40.7 Å². The number of aryl methyl sites for hydroxylation is 2. The van der Waals surface area contributed by atoms with E-state index >= 15 is 0 Å². The first kappa shape index (κ1) is 33.2. The summed E-state index contributed by atoms with van der Waals surface area (Å²) in [6.45, 7) is 3.38. The summed E-state index contributed by atoms with van der Waals surface area (Å²) in [5, 5.41) is 2.64. The molecule has 6 heterocycles. The lowest BCUT2D eigenvalue weighted by molar-refractivity contribution is -0.137. The maximum Gasteiger partial charge on any atom is 0.416 e. The summed E-state index contributed by atoms with van der Waals surface area (Å²) in [5.41, 5.74) is 0.0217. The highest BCUT2D eigenvalue weighted by Crippen LogP contribution is 2.36. The highest BCUT2D eigenvalue weighted by Gasteiger charge is 2.48. The Morgan fingerprint density at radius 1 is 1.02 bits per heavy atom. The predicted molar refractivity (Wildman–Crippen MR) is 168 cm³/mol. The van der Waals surface area contributed by atoms with Gasteiger partial charge in [0, 0.05) is 37.3 Å². The minimum atomic E-state index is -4.66. The van der Waals surface area contributed by atoms with Crippen LogP contribution in [0.3, 0.4) is 0 Å². The number of carbonyl (C=O) groups is 2. The molecule has 14 heteroatoms. The average molecular weight is 675 g/mol. The van der Waals surface area contributed by atoms with Crippen LogP contribution in [0.5, 0.6) is 5.75 Å². The predicted octanol–water partition coefficient (Wildman–Crippen LogP) is 3.87. The number of aliphatic imine (C=N–C) groups is 1. The third-order valence-corrected chi connectivity index (χ3v) is 11.1. The molecule has 0 saturated carbocycles. The zero-order valence-corrected chi connectivity index (χ0v) is 26.8. The van der Waals surface area contributed by atoms with Gasteiger partial charge in [0.05, 0.1) is 30.6 Å². The molecule has 2 aromatic rings. The van der Waals surface area contributed by atoms with Crippen LogP contribution in [0.15, 0.2) is 53.5 Å². The lowest BCUT2D eigenvalue weighted by Crippen LogP contribution is -2.50. The zero-order valence-electron chi connectivity index (χ0n) is 26.0. The smallest absolute Gasteiger partial charge is 0.416 e. The minimum absolute atomic E-state index is 0.000424. The van der Waals surface area contributed by atoms with Gasteiger partial charge in [-0.3, -0.25) is 14.6 Å². The van der Waals surface area contributed by atoms with Gasteiger partial charge in [-0.05, 0) is 80.5 Å². The van der Waals surface area contributed by atoms with Crippen LogP contribution in [-0.2, 0) is 32.2 Å². The number of ether oxygens (including phenoxy) is 2. The number of nitrogens with one attached hydrogen (secondary N) is 1. The van der Waals surface area contributed by atoms with Gasteiger partial charge in [0.25, 0.3) is 11.8 Å². The fraction of sp³-hybridized carbons (Fsp3) is 0.485. The number of rotatable bonds is 0. The summed E-state index contributed by atoms with van der Waals surface area (Å²) in [7, 11) is -3.69. The standard InChI is InChI=1S/C33H37F3N4O6S/c1-22-17-24-6-5-23(22)8-16-47(43,44)40-12-9-32(10-13-40)31(42)37-29(38-32)25-18-26(33(34,35)36)20-28(19-25)46-15-4-2-3-14-45-27-7-11-39(21-27)30(24)41/h2-3,5-6,17-20,27H,4,7-16,21H2,1H3,(H,37,38,42)/b3-2+/t27-/m1/s1. The molecule has 10 nitrogen and oxygen atoms in total. The monoisotopic (exact) mass is 674 g/mol. The quantitative estimate of drug-likeness (QED) is 0.425. The van der Waals surface area contributed by atoms with Gasteiger partial charge in [0.15, 0.2) is 0 Å². The Morgan fingerprint density at radius 2 is 1.81 bits per heavy atom. The molecule has 0 unspecified atom stereocenters. The Hall–Kier alpha value is -3.75. The number of sulfonamides is 1. The number of hydrogen-bond acceptors (Lipinski definition) is 7. The maximum atomic E-state index is 13.8. The van der Waals surface area contributed by atoms with Crippen LogP contribution in [0.1, 0.15) is 58.3 Å². The summed E-state index contributed by atoms with van der Waals surface area (Å²) >= 11 is 0. The van der Waals surface area contributed by atoms with Crippen molar-refractivity contribution in [2.45, 2.75) is 56.8 Å². The number of halogens is 3. The van der Waals surface area contributed by atoms with Crippen molar-refractivity contribution in [1.29, 1.82) is 0 Å². The molecule has 2 saturated heterocycles. The van der Waals surface area contributed by atoms with Crippen LogP contribution in [0.25, 0.3) is 0 Å². The first-order valence-corrected chi connectivity index (χ1v) is 17.3. The van der Waals surface area contributed by atoms with Crippen LogP contribution >= 0.6 is 0 Å². The Balaban J connectivity index is 1.26.